The Hall–Kier alpha value is -2.63. The largest absolute Gasteiger partial charge is 0.480 e. The number of nitrogens with one attached hydrogen (secondary N) is 1. The molecule has 2 rings (SSSR count). The Morgan fingerprint density at radius 2 is 2.09 bits per heavy atom. The maximum atomic E-state index is 13.6. The van der Waals surface area contributed by atoms with Gasteiger partial charge in [0.15, 0.2) is 17.7 Å². The highest BCUT2D eigenvalue weighted by atomic mass is 19.1. The van der Waals surface area contributed by atoms with Gasteiger partial charge in [0.1, 0.15) is 5.69 Å². The van der Waals surface area contributed by atoms with Gasteiger partial charge in [-0.3, -0.25) is 4.79 Å². The van der Waals surface area contributed by atoms with Gasteiger partial charge in [-0.2, -0.15) is 0 Å². The standard InChI is InChI=1S/C16H17FN2O3/c1-3-13(22-14-9-5-4-7-11(14)17)15(20)19-12-8-6-10-18-16(12)21-2/h4-10,13H,3H2,1-2H3,(H,19,20). The number of carbonyl (C=O) groups excluding carboxylic acids is 1. The molecule has 1 aromatic heterocycles. The molecule has 0 fully saturated rings. The Kier molecular flexibility index (Phi) is 5.30. The number of rotatable bonds is 6. The van der Waals surface area contributed by atoms with E-state index in [9.17, 15) is 9.18 Å². The van der Waals surface area contributed by atoms with Gasteiger partial charge in [0, 0.05) is 6.20 Å². The first kappa shape index (κ1) is 15.8. The monoisotopic (exact) mass is 304 g/mol. The number of halogens is 1. The van der Waals surface area contributed by atoms with Crippen LogP contribution in [0.25, 0.3) is 0 Å². The van der Waals surface area contributed by atoms with Crippen molar-refractivity contribution >= 4 is 11.6 Å². The number of pyridine rings is 1. The molecule has 0 radical (unpaired) electrons. The van der Waals surface area contributed by atoms with E-state index in [1.807, 2.05) is 0 Å². The number of nitrogens with zero attached hydrogens (tertiary/aromatic N) is 1. The van der Waals surface area contributed by atoms with E-state index < -0.39 is 17.8 Å². The zero-order chi connectivity index (χ0) is 15.9. The molecule has 0 aliphatic carbocycles. The van der Waals surface area contributed by atoms with Gasteiger partial charge < -0.3 is 14.8 Å². The zero-order valence-electron chi connectivity index (χ0n) is 12.4. The number of hydrogen-bond donors (Lipinski definition) is 1. The third-order valence-corrected chi connectivity index (χ3v) is 2.99. The van der Waals surface area contributed by atoms with Crippen LogP contribution < -0.4 is 14.8 Å². The lowest BCUT2D eigenvalue weighted by Crippen LogP contribution is -2.32. The van der Waals surface area contributed by atoms with Crippen molar-refractivity contribution in [2.45, 2.75) is 19.4 Å². The van der Waals surface area contributed by atoms with E-state index in [0.29, 0.717) is 18.0 Å². The molecule has 0 saturated heterocycles. The topological polar surface area (TPSA) is 60.5 Å². The summed E-state index contributed by atoms with van der Waals surface area (Å²) in [5.41, 5.74) is 0.436. The van der Waals surface area contributed by atoms with Crippen LogP contribution in [0.15, 0.2) is 42.6 Å². The molecular weight excluding hydrogens is 287 g/mol. The van der Waals surface area contributed by atoms with E-state index in [-0.39, 0.29) is 5.75 Å². The van der Waals surface area contributed by atoms with E-state index >= 15 is 0 Å². The van der Waals surface area contributed by atoms with Crippen LogP contribution in [0.4, 0.5) is 10.1 Å². The molecule has 1 aromatic carbocycles. The van der Waals surface area contributed by atoms with Gasteiger partial charge in [0.05, 0.1) is 7.11 Å². The number of aromatic nitrogens is 1. The van der Waals surface area contributed by atoms with E-state index in [1.54, 1.807) is 37.4 Å². The third kappa shape index (κ3) is 3.72. The molecule has 1 unspecified atom stereocenters. The molecule has 2 aromatic rings. The Bertz CT molecular complexity index is 649. The van der Waals surface area contributed by atoms with Crippen LogP contribution in [-0.2, 0) is 4.79 Å². The predicted octanol–water partition coefficient (Wildman–Crippen LogP) is 3.03. The summed E-state index contributed by atoms with van der Waals surface area (Å²) in [4.78, 5) is 16.3. The molecule has 116 valence electrons. The van der Waals surface area contributed by atoms with E-state index in [2.05, 4.69) is 10.3 Å². The van der Waals surface area contributed by atoms with Gasteiger partial charge in [-0.05, 0) is 30.7 Å². The number of para-hydroxylation sites is 1. The van der Waals surface area contributed by atoms with Crippen LogP contribution in [0.5, 0.6) is 11.6 Å². The smallest absolute Gasteiger partial charge is 0.265 e. The Morgan fingerprint density at radius 3 is 2.77 bits per heavy atom. The summed E-state index contributed by atoms with van der Waals surface area (Å²) in [6, 6.07) is 9.31. The van der Waals surface area contributed by atoms with Crippen LogP contribution in [0, 0.1) is 5.82 Å². The molecular formula is C16H17FN2O3. The average Bonchev–Trinajstić information content (AvgIpc) is 2.54. The molecule has 0 spiro atoms. The number of anilines is 1. The predicted molar refractivity (Wildman–Crippen MR) is 80.5 cm³/mol. The van der Waals surface area contributed by atoms with Crippen molar-refractivity contribution in [2.24, 2.45) is 0 Å². The lowest BCUT2D eigenvalue weighted by atomic mass is 10.2. The summed E-state index contributed by atoms with van der Waals surface area (Å²) >= 11 is 0. The first-order valence-corrected chi connectivity index (χ1v) is 6.86. The normalized spacial score (nSPS) is 11.6. The SMILES string of the molecule is CCC(Oc1ccccc1F)C(=O)Nc1cccnc1OC. The molecule has 1 atom stereocenters. The fraction of sp³-hybridized carbons (Fsp3) is 0.250. The molecule has 0 aliphatic heterocycles. The molecule has 6 heteroatoms. The highest BCUT2D eigenvalue weighted by molar-refractivity contribution is 5.95. The number of carbonyl (C=O) groups is 1. The van der Waals surface area contributed by atoms with Crippen LogP contribution in [0.2, 0.25) is 0 Å². The van der Waals surface area contributed by atoms with Gasteiger partial charge in [-0.25, -0.2) is 9.37 Å². The molecule has 1 amide bonds. The lowest BCUT2D eigenvalue weighted by Gasteiger charge is -2.18. The molecule has 0 aliphatic rings. The summed E-state index contributed by atoms with van der Waals surface area (Å²) in [5, 5.41) is 2.68. The number of amides is 1. The van der Waals surface area contributed by atoms with Crippen molar-refractivity contribution in [3.63, 3.8) is 0 Å². The van der Waals surface area contributed by atoms with E-state index in [4.69, 9.17) is 9.47 Å². The molecule has 1 N–H and O–H groups in total. The van der Waals surface area contributed by atoms with Gasteiger partial charge in [-0.15, -0.1) is 0 Å². The van der Waals surface area contributed by atoms with Crippen LogP contribution >= 0.6 is 0 Å². The van der Waals surface area contributed by atoms with Gasteiger partial charge in [-0.1, -0.05) is 19.1 Å². The summed E-state index contributed by atoms with van der Waals surface area (Å²) in [6.07, 6.45) is 1.13. The minimum atomic E-state index is -0.818. The zero-order valence-corrected chi connectivity index (χ0v) is 12.4. The molecule has 0 bridgehead atoms. The van der Waals surface area contributed by atoms with Crippen molar-refractivity contribution in [1.29, 1.82) is 0 Å². The van der Waals surface area contributed by atoms with Gasteiger partial charge in [0.2, 0.25) is 5.88 Å². The summed E-state index contributed by atoms with van der Waals surface area (Å²) in [7, 11) is 1.46. The quantitative estimate of drug-likeness (QED) is 0.891. The summed E-state index contributed by atoms with van der Waals surface area (Å²) in [5.74, 6) is -0.552. The fourth-order valence-corrected chi connectivity index (χ4v) is 1.88. The summed E-state index contributed by atoms with van der Waals surface area (Å²) < 4.78 is 24.1. The van der Waals surface area contributed by atoms with Crippen LogP contribution in [0.1, 0.15) is 13.3 Å². The van der Waals surface area contributed by atoms with E-state index in [0.717, 1.165) is 0 Å². The van der Waals surface area contributed by atoms with Gasteiger partial charge >= 0.3 is 0 Å². The maximum Gasteiger partial charge on any atom is 0.265 e. The second-order valence-corrected chi connectivity index (χ2v) is 4.49. The first-order valence-electron chi connectivity index (χ1n) is 6.86. The highest BCUT2D eigenvalue weighted by Crippen LogP contribution is 2.22. The van der Waals surface area contributed by atoms with E-state index in [1.165, 1.54) is 19.2 Å². The molecule has 22 heavy (non-hydrogen) atoms. The van der Waals surface area contributed by atoms with Crippen molar-refractivity contribution in [3.8, 4) is 11.6 Å². The lowest BCUT2D eigenvalue weighted by molar-refractivity contribution is -0.122. The maximum absolute atomic E-state index is 13.6. The van der Waals surface area contributed by atoms with Crippen molar-refractivity contribution in [1.82, 2.24) is 4.98 Å². The van der Waals surface area contributed by atoms with Gasteiger partial charge in [0.25, 0.3) is 5.91 Å². The Balaban J connectivity index is 2.11. The van der Waals surface area contributed by atoms with Crippen molar-refractivity contribution in [3.05, 3.63) is 48.4 Å². The average molecular weight is 304 g/mol. The highest BCUT2D eigenvalue weighted by Gasteiger charge is 2.21. The Morgan fingerprint density at radius 1 is 1.32 bits per heavy atom. The third-order valence-electron chi connectivity index (χ3n) is 2.99. The number of benzene rings is 1. The minimum Gasteiger partial charge on any atom is -0.480 e. The number of ether oxygens (including phenoxy) is 2. The van der Waals surface area contributed by atoms with Crippen LogP contribution in [0.3, 0.4) is 0 Å². The minimum absolute atomic E-state index is 0.0441. The molecule has 1 heterocycles. The number of hydrogen-bond acceptors (Lipinski definition) is 4. The second kappa shape index (κ2) is 7.40. The molecule has 5 nitrogen and oxygen atoms in total. The summed E-state index contributed by atoms with van der Waals surface area (Å²) in [6.45, 7) is 1.78. The van der Waals surface area contributed by atoms with Crippen LogP contribution in [-0.4, -0.2) is 24.1 Å². The first-order chi connectivity index (χ1) is 10.7. The number of methoxy groups -OCH3 is 1. The Labute approximate surface area is 128 Å². The fourth-order valence-electron chi connectivity index (χ4n) is 1.88. The van der Waals surface area contributed by atoms with Crippen molar-refractivity contribution in [2.75, 3.05) is 12.4 Å². The van der Waals surface area contributed by atoms with Crippen molar-refractivity contribution < 1.29 is 18.7 Å². The second-order valence-electron chi connectivity index (χ2n) is 4.49. The molecule has 0 saturated carbocycles.